The van der Waals surface area contributed by atoms with Gasteiger partial charge in [0.2, 0.25) is 0 Å². The van der Waals surface area contributed by atoms with Gasteiger partial charge in [0.05, 0.1) is 23.3 Å². The summed E-state index contributed by atoms with van der Waals surface area (Å²) < 4.78 is 0. The van der Waals surface area contributed by atoms with E-state index >= 15 is 0 Å². The van der Waals surface area contributed by atoms with E-state index in [0.717, 1.165) is 35.5 Å². The Morgan fingerprint density at radius 2 is 1.60 bits per heavy atom. The predicted octanol–water partition coefficient (Wildman–Crippen LogP) is 4.42. The van der Waals surface area contributed by atoms with Gasteiger partial charge in [-0.15, -0.1) is 0 Å². The molecule has 2 aromatic carbocycles. The molecule has 0 aliphatic rings. The van der Waals surface area contributed by atoms with Crippen LogP contribution in [0.4, 0.5) is 0 Å². The van der Waals surface area contributed by atoms with E-state index in [1.165, 1.54) is 10.8 Å². The van der Waals surface area contributed by atoms with Crippen LogP contribution in [0.2, 0.25) is 0 Å². The molecule has 100 valence electrons. The van der Waals surface area contributed by atoms with Crippen LogP contribution < -0.4 is 0 Å². The molecule has 0 bridgehead atoms. The van der Waals surface area contributed by atoms with Crippen molar-refractivity contribution in [3.05, 3.63) is 60.0 Å². The molecule has 1 aromatic heterocycles. The second kappa shape index (κ2) is 5.41. The monoisotopic (exact) mass is 262 g/mol. The number of nitrogens with zero attached hydrogens (tertiary/aromatic N) is 2. The maximum Gasteiger partial charge on any atom is 0.0888 e. The average molecular weight is 262 g/mol. The van der Waals surface area contributed by atoms with Crippen molar-refractivity contribution in [2.24, 2.45) is 0 Å². The molecule has 2 heteroatoms. The van der Waals surface area contributed by atoms with E-state index < -0.39 is 0 Å². The topological polar surface area (TPSA) is 25.8 Å². The Balaban J connectivity index is 2.10. The van der Waals surface area contributed by atoms with Crippen LogP contribution in [0.5, 0.6) is 0 Å². The molecule has 0 saturated carbocycles. The van der Waals surface area contributed by atoms with Crippen molar-refractivity contribution in [3.63, 3.8) is 0 Å². The molecule has 0 atom stereocenters. The summed E-state index contributed by atoms with van der Waals surface area (Å²) in [4.78, 5) is 9.34. The Hall–Kier alpha value is -2.22. The van der Waals surface area contributed by atoms with Crippen LogP contribution in [-0.4, -0.2) is 9.97 Å². The maximum atomic E-state index is 4.78. The van der Waals surface area contributed by atoms with Crippen molar-refractivity contribution >= 4 is 10.8 Å². The van der Waals surface area contributed by atoms with Crippen LogP contribution in [0.25, 0.3) is 22.0 Å². The Kier molecular flexibility index (Phi) is 3.46. The standard InChI is InChI=1S/C18H18N2/c1-3-16-17(4-2)20-18(12-19-16)15-10-9-13-7-5-6-8-14(13)11-15/h5-12H,3-4H2,1-2H3. The lowest BCUT2D eigenvalue weighted by Crippen LogP contribution is -2.00. The fourth-order valence-electron chi connectivity index (χ4n) is 2.52. The van der Waals surface area contributed by atoms with Crippen molar-refractivity contribution < 1.29 is 0 Å². The number of hydrogen-bond donors (Lipinski definition) is 0. The van der Waals surface area contributed by atoms with Gasteiger partial charge in [-0.1, -0.05) is 50.2 Å². The number of aromatic nitrogens is 2. The average Bonchev–Trinajstić information content (AvgIpc) is 2.53. The maximum absolute atomic E-state index is 4.78. The van der Waals surface area contributed by atoms with E-state index in [4.69, 9.17) is 4.98 Å². The molecule has 2 nitrogen and oxygen atoms in total. The Morgan fingerprint density at radius 1 is 0.850 bits per heavy atom. The quantitative estimate of drug-likeness (QED) is 0.698. The summed E-state index contributed by atoms with van der Waals surface area (Å²) in [6.07, 6.45) is 3.76. The zero-order chi connectivity index (χ0) is 13.9. The van der Waals surface area contributed by atoms with Gasteiger partial charge in [0, 0.05) is 5.56 Å². The van der Waals surface area contributed by atoms with Gasteiger partial charge < -0.3 is 0 Å². The van der Waals surface area contributed by atoms with Crippen molar-refractivity contribution in [1.82, 2.24) is 9.97 Å². The van der Waals surface area contributed by atoms with Crippen LogP contribution in [0.15, 0.2) is 48.7 Å². The minimum atomic E-state index is 0.928. The number of hydrogen-bond acceptors (Lipinski definition) is 2. The molecule has 0 aliphatic carbocycles. The third kappa shape index (κ3) is 2.29. The molecule has 3 rings (SSSR count). The summed E-state index contributed by atoms with van der Waals surface area (Å²) >= 11 is 0. The molecule has 0 spiro atoms. The highest BCUT2D eigenvalue weighted by atomic mass is 14.8. The zero-order valence-corrected chi connectivity index (χ0v) is 11.9. The molecule has 20 heavy (non-hydrogen) atoms. The van der Waals surface area contributed by atoms with Gasteiger partial charge in [-0.3, -0.25) is 4.98 Å². The highest BCUT2D eigenvalue weighted by Crippen LogP contribution is 2.23. The van der Waals surface area contributed by atoms with E-state index in [1.54, 1.807) is 0 Å². The first kappa shape index (κ1) is 12.8. The van der Waals surface area contributed by atoms with Gasteiger partial charge in [0.25, 0.3) is 0 Å². The summed E-state index contributed by atoms with van der Waals surface area (Å²) in [6, 6.07) is 14.8. The predicted molar refractivity (Wildman–Crippen MR) is 83.7 cm³/mol. The Bertz CT molecular complexity index is 747. The van der Waals surface area contributed by atoms with Gasteiger partial charge in [0.15, 0.2) is 0 Å². The normalized spacial score (nSPS) is 10.9. The summed E-state index contributed by atoms with van der Waals surface area (Å²) in [6.45, 7) is 4.26. The molecule has 0 N–H and O–H groups in total. The van der Waals surface area contributed by atoms with E-state index in [-0.39, 0.29) is 0 Å². The van der Waals surface area contributed by atoms with Crippen LogP contribution in [0.3, 0.4) is 0 Å². The molecule has 0 unspecified atom stereocenters. The SMILES string of the molecule is CCc1ncc(-c2ccc3ccccc3c2)nc1CC. The Morgan fingerprint density at radius 3 is 2.35 bits per heavy atom. The minimum absolute atomic E-state index is 0.928. The first-order valence-electron chi connectivity index (χ1n) is 7.15. The number of aryl methyl sites for hydroxylation is 2. The summed E-state index contributed by atoms with van der Waals surface area (Å²) in [5.74, 6) is 0. The van der Waals surface area contributed by atoms with Crippen LogP contribution >= 0.6 is 0 Å². The summed E-state index contributed by atoms with van der Waals surface area (Å²) in [7, 11) is 0. The van der Waals surface area contributed by atoms with Gasteiger partial charge in [0.1, 0.15) is 0 Å². The van der Waals surface area contributed by atoms with Gasteiger partial charge in [-0.25, -0.2) is 4.98 Å². The fourth-order valence-corrected chi connectivity index (χ4v) is 2.52. The molecule has 0 amide bonds. The van der Waals surface area contributed by atoms with E-state index in [0.29, 0.717) is 0 Å². The number of fused-ring (bicyclic) bond motifs is 1. The molecule has 0 radical (unpaired) electrons. The van der Waals surface area contributed by atoms with Crippen molar-refractivity contribution in [2.45, 2.75) is 26.7 Å². The third-order valence-corrected chi connectivity index (χ3v) is 3.65. The molecule has 1 heterocycles. The minimum Gasteiger partial charge on any atom is -0.257 e. The third-order valence-electron chi connectivity index (χ3n) is 3.65. The first-order valence-corrected chi connectivity index (χ1v) is 7.15. The highest BCUT2D eigenvalue weighted by molar-refractivity contribution is 5.86. The number of rotatable bonds is 3. The van der Waals surface area contributed by atoms with Crippen molar-refractivity contribution in [2.75, 3.05) is 0 Å². The van der Waals surface area contributed by atoms with Gasteiger partial charge >= 0.3 is 0 Å². The van der Waals surface area contributed by atoms with Crippen LogP contribution in [0, 0.1) is 0 Å². The second-order valence-corrected chi connectivity index (χ2v) is 4.92. The fraction of sp³-hybridized carbons (Fsp3) is 0.222. The molecule has 0 saturated heterocycles. The molecular weight excluding hydrogens is 244 g/mol. The lowest BCUT2D eigenvalue weighted by Gasteiger charge is -2.08. The summed E-state index contributed by atoms with van der Waals surface area (Å²) in [5, 5.41) is 2.49. The number of benzene rings is 2. The molecule has 0 aliphatic heterocycles. The van der Waals surface area contributed by atoms with Crippen LogP contribution in [0.1, 0.15) is 25.2 Å². The molecule has 3 aromatic rings. The first-order chi connectivity index (χ1) is 9.81. The van der Waals surface area contributed by atoms with E-state index in [9.17, 15) is 0 Å². The van der Waals surface area contributed by atoms with Gasteiger partial charge in [-0.2, -0.15) is 0 Å². The zero-order valence-electron chi connectivity index (χ0n) is 11.9. The second-order valence-electron chi connectivity index (χ2n) is 4.92. The van der Waals surface area contributed by atoms with E-state index in [2.05, 4.69) is 61.3 Å². The smallest absolute Gasteiger partial charge is 0.0888 e. The highest BCUT2D eigenvalue weighted by Gasteiger charge is 2.06. The molecular formula is C18H18N2. The van der Waals surface area contributed by atoms with Gasteiger partial charge in [-0.05, 0) is 29.7 Å². The van der Waals surface area contributed by atoms with Crippen molar-refractivity contribution in [3.8, 4) is 11.3 Å². The largest absolute Gasteiger partial charge is 0.257 e. The lowest BCUT2D eigenvalue weighted by molar-refractivity contribution is 0.907. The Labute approximate surface area is 119 Å². The lowest BCUT2D eigenvalue weighted by atomic mass is 10.0. The molecule has 0 fully saturated rings. The van der Waals surface area contributed by atoms with Crippen LogP contribution in [-0.2, 0) is 12.8 Å². The van der Waals surface area contributed by atoms with E-state index in [1.807, 2.05) is 6.20 Å². The summed E-state index contributed by atoms with van der Waals surface area (Å²) in [5.41, 5.74) is 4.31. The van der Waals surface area contributed by atoms with Crippen molar-refractivity contribution in [1.29, 1.82) is 0 Å².